The van der Waals surface area contributed by atoms with Crippen LogP contribution >= 0.6 is 0 Å². The Morgan fingerprint density at radius 2 is 0.941 bits per heavy atom. The number of cyclic esters (lactones) is 4. The summed E-state index contributed by atoms with van der Waals surface area (Å²) in [6.45, 7) is 9.38. The van der Waals surface area contributed by atoms with Gasteiger partial charge in [-0.25, -0.2) is 43.5 Å². The van der Waals surface area contributed by atoms with E-state index < -0.39 is 108 Å². The van der Waals surface area contributed by atoms with E-state index in [2.05, 4.69) is 0 Å². The molecule has 0 unspecified atom stereocenters. The number of ether oxygens (including phenoxy) is 6. The molecule has 1 aromatic carbocycles. The van der Waals surface area contributed by atoms with Crippen LogP contribution in [0.4, 0.5) is 24.0 Å². The predicted octanol–water partition coefficient (Wildman–Crippen LogP) is 2.08. The molecule has 1 aromatic rings. The Kier molecular flexibility index (Phi) is 9.68. The summed E-state index contributed by atoms with van der Waals surface area (Å²) in [6.07, 6.45) is -11.9. The van der Waals surface area contributed by atoms with Crippen molar-refractivity contribution in [3.8, 4) is 0 Å². The molecule has 8 amide bonds. The minimum absolute atomic E-state index is 0.204. The first-order valence-electron chi connectivity index (χ1n) is 15.9. The van der Waals surface area contributed by atoms with Gasteiger partial charge >= 0.3 is 36.4 Å². The number of imide groups is 4. The van der Waals surface area contributed by atoms with Gasteiger partial charge in [0.05, 0.1) is 0 Å². The van der Waals surface area contributed by atoms with Gasteiger partial charge < -0.3 is 28.4 Å². The highest BCUT2D eigenvalue weighted by Crippen LogP contribution is 2.33. The average molecular weight is 717 g/mol. The second kappa shape index (κ2) is 13.5. The van der Waals surface area contributed by atoms with E-state index in [-0.39, 0.29) is 6.61 Å². The summed E-state index contributed by atoms with van der Waals surface area (Å²) in [6, 6.07) is 1.26. The molecule has 0 bridgehead atoms. The minimum atomic E-state index is -1.95. The van der Waals surface area contributed by atoms with Gasteiger partial charge in [-0.05, 0) is 54.0 Å². The van der Waals surface area contributed by atoms with Crippen molar-refractivity contribution in [2.24, 2.45) is 0 Å². The molecule has 4 aliphatic rings. The third-order valence-corrected chi connectivity index (χ3v) is 8.35. The predicted molar refractivity (Wildman–Crippen MR) is 164 cm³/mol. The van der Waals surface area contributed by atoms with Crippen molar-refractivity contribution in [2.75, 3.05) is 0 Å². The Balaban J connectivity index is 1.42. The first-order chi connectivity index (χ1) is 23.8. The topological polar surface area (TPSA) is 222 Å². The quantitative estimate of drug-likeness (QED) is 0.304. The van der Waals surface area contributed by atoms with E-state index in [0.29, 0.717) is 25.2 Å². The molecule has 4 fully saturated rings. The number of nitrogens with zero attached hydrogens (tertiary/aromatic N) is 4. The second-order valence-electron chi connectivity index (χ2n) is 13.2. The lowest BCUT2D eigenvalue weighted by Crippen LogP contribution is -2.62. The summed E-state index contributed by atoms with van der Waals surface area (Å²) in [5.74, 6) is -4.92. The molecule has 0 N–H and O–H groups in total. The Labute approximate surface area is 290 Å². The van der Waals surface area contributed by atoms with Crippen molar-refractivity contribution in [3.05, 3.63) is 35.9 Å². The van der Waals surface area contributed by atoms with Crippen LogP contribution in [0.1, 0.15) is 54.0 Å². The van der Waals surface area contributed by atoms with Gasteiger partial charge in [-0.3, -0.25) is 14.4 Å². The fourth-order valence-electron chi connectivity index (χ4n) is 6.07. The van der Waals surface area contributed by atoms with Crippen molar-refractivity contribution in [1.29, 1.82) is 0 Å². The van der Waals surface area contributed by atoms with Gasteiger partial charge in [-0.1, -0.05) is 30.3 Å². The fourth-order valence-corrected chi connectivity index (χ4v) is 6.07. The van der Waals surface area contributed by atoms with E-state index in [1.54, 1.807) is 30.3 Å². The van der Waals surface area contributed by atoms with Crippen molar-refractivity contribution < 1.29 is 71.6 Å². The molecule has 51 heavy (non-hydrogen) atoms. The van der Waals surface area contributed by atoms with Crippen LogP contribution in [0.25, 0.3) is 0 Å². The number of rotatable bonds is 6. The highest BCUT2D eigenvalue weighted by molar-refractivity contribution is 6.11. The number of esters is 1. The third kappa shape index (κ3) is 6.74. The largest absolute Gasteiger partial charge is 0.459 e. The first-order valence-corrected chi connectivity index (χ1v) is 15.9. The number of hydrogen-bond donors (Lipinski definition) is 0. The molecule has 19 heteroatoms. The lowest BCUT2D eigenvalue weighted by atomic mass is 10.0. The molecule has 4 aliphatic heterocycles. The number of hydrogen-bond acceptors (Lipinski definition) is 15. The average Bonchev–Trinajstić information content (AvgIpc) is 3.72. The summed E-state index contributed by atoms with van der Waals surface area (Å²) in [5.41, 5.74) is -0.498. The lowest BCUT2D eigenvalue weighted by molar-refractivity contribution is -0.156. The standard InChI is InChI=1S/C32H36N4O15/c1-14-19(34(28(42)47-14)25(39)21-16(3)49-30(44)36(21)31(45)51-32(5,6)7)23(37)33-20(15(2)48-27(33)41)24(38)35-22(17(4)50-29(35)43)26(40)46-13-18-11-9-8-10-12-18/h8-12,14-17,19-22H,13H2,1-7H3/t14-,15-,16-,17-,19+,20+,21+,22+/m1/s1. The molecule has 5 rings (SSSR count). The zero-order valence-corrected chi connectivity index (χ0v) is 28.6. The number of carbonyl (C=O) groups excluding carboxylic acids is 9. The molecular formula is C32H36N4O15. The Morgan fingerprint density at radius 3 is 1.35 bits per heavy atom. The fraction of sp³-hybridized carbons (Fsp3) is 0.531. The maximum Gasteiger partial charge on any atom is 0.420 e. The second-order valence-corrected chi connectivity index (χ2v) is 13.2. The van der Waals surface area contributed by atoms with Crippen molar-refractivity contribution in [1.82, 2.24) is 19.6 Å². The highest BCUT2D eigenvalue weighted by Gasteiger charge is 2.61. The van der Waals surface area contributed by atoms with Crippen LogP contribution in [0.2, 0.25) is 0 Å². The molecule has 0 aromatic heterocycles. The van der Waals surface area contributed by atoms with E-state index in [0.717, 1.165) is 0 Å². The summed E-state index contributed by atoms with van der Waals surface area (Å²) in [7, 11) is 0. The van der Waals surface area contributed by atoms with E-state index in [1.807, 2.05) is 0 Å². The van der Waals surface area contributed by atoms with Crippen LogP contribution in [0, 0.1) is 0 Å². The minimum Gasteiger partial charge on any atom is -0.459 e. The third-order valence-electron chi connectivity index (χ3n) is 8.35. The van der Waals surface area contributed by atoms with Crippen LogP contribution in [0.15, 0.2) is 30.3 Å². The summed E-state index contributed by atoms with van der Waals surface area (Å²) >= 11 is 0. The Morgan fingerprint density at radius 1 is 0.588 bits per heavy atom. The first kappa shape index (κ1) is 36.5. The SMILES string of the molecule is C[C@H]1OC(=O)N(C(=O)OC(C)(C)C)[C@@H]1C(=O)N1C(=O)O[C@H](C)[C@H]1C(=O)N1C(=O)O[C@H](C)[C@H]1C(=O)N1C(=O)O[C@H](C)[C@H]1C(=O)OCc1ccccc1. The van der Waals surface area contributed by atoms with Crippen LogP contribution in [-0.2, 0) is 54.2 Å². The normalized spacial score (nSPS) is 29.0. The van der Waals surface area contributed by atoms with Crippen molar-refractivity contribution in [3.63, 3.8) is 0 Å². The van der Waals surface area contributed by atoms with Crippen LogP contribution in [0.5, 0.6) is 0 Å². The van der Waals surface area contributed by atoms with E-state index >= 15 is 0 Å². The van der Waals surface area contributed by atoms with Crippen LogP contribution < -0.4 is 0 Å². The molecule has 4 heterocycles. The van der Waals surface area contributed by atoms with E-state index in [1.165, 1.54) is 48.5 Å². The number of benzene rings is 1. The molecule has 8 atom stereocenters. The molecular weight excluding hydrogens is 680 g/mol. The lowest BCUT2D eigenvalue weighted by Gasteiger charge is -2.31. The smallest absolute Gasteiger partial charge is 0.420 e. The number of carbonyl (C=O) groups is 9. The van der Waals surface area contributed by atoms with Crippen molar-refractivity contribution in [2.45, 2.75) is 109 Å². The van der Waals surface area contributed by atoms with E-state index in [9.17, 15) is 43.2 Å². The van der Waals surface area contributed by atoms with Gasteiger partial charge in [-0.15, -0.1) is 0 Å². The molecule has 19 nitrogen and oxygen atoms in total. The van der Waals surface area contributed by atoms with Crippen LogP contribution in [0.3, 0.4) is 0 Å². The zero-order chi connectivity index (χ0) is 37.7. The monoisotopic (exact) mass is 716 g/mol. The zero-order valence-electron chi connectivity index (χ0n) is 28.6. The van der Waals surface area contributed by atoms with Gasteiger partial charge in [0.15, 0.2) is 24.2 Å². The molecule has 0 spiro atoms. The molecule has 4 saturated heterocycles. The van der Waals surface area contributed by atoms with Gasteiger partial charge in [0.2, 0.25) is 0 Å². The Bertz CT molecular complexity index is 1680. The van der Waals surface area contributed by atoms with Gasteiger partial charge in [-0.2, -0.15) is 4.90 Å². The maximum absolute atomic E-state index is 14.2. The number of amides is 8. The van der Waals surface area contributed by atoms with Gasteiger partial charge in [0, 0.05) is 0 Å². The van der Waals surface area contributed by atoms with Crippen LogP contribution in [-0.4, -0.2) is 128 Å². The van der Waals surface area contributed by atoms with E-state index in [4.69, 9.17) is 28.4 Å². The molecule has 274 valence electrons. The molecule has 0 radical (unpaired) electrons. The Hall–Kier alpha value is -5.75. The summed E-state index contributed by atoms with van der Waals surface area (Å²) in [4.78, 5) is 122. The van der Waals surface area contributed by atoms with Crippen molar-refractivity contribution >= 4 is 54.2 Å². The molecule has 0 saturated carbocycles. The van der Waals surface area contributed by atoms with Gasteiger partial charge in [0.25, 0.3) is 17.7 Å². The summed E-state index contributed by atoms with van der Waals surface area (Å²) in [5, 5.41) is 0. The van der Waals surface area contributed by atoms with Gasteiger partial charge in [0.1, 0.15) is 36.6 Å². The summed E-state index contributed by atoms with van der Waals surface area (Å²) < 4.78 is 31.1. The maximum atomic E-state index is 14.2. The highest BCUT2D eigenvalue weighted by atomic mass is 16.6. The molecule has 0 aliphatic carbocycles.